The lowest BCUT2D eigenvalue weighted by molar-refractivity contribution is 0.287. The van der Waals surface area contributed by atoms with E-state index >= 15 is 0 Å². The molecule has 0 radical (unpaired) electrons. The molecule has 3 rings (SSSR count). The fraction of sp³-hybridized carbons (Fsp3) is 0.304. The number of ether oxygens (including phenoxy) is 3. The second-order valence-electron chi connectivity index (χ2n) is 6.45. The highest BCUT2D eigenvalue weighted by Gasteiger charge is 2.11. The zero-order valence-electron chi connectivity index (χ0n) is 17.6. The first kappa shape index (κ1) is 21.2. The summed E-state index contributed by atoms with van der Waals surface area (Å²) in [5.41, 5.74) is 1.52. The van der Waals surface area contributed by atoms with E-state index in [0.717, 1.165) is 17.1 Å². The second kappa shape index (κ2) is 10.3. The van der Waals surface area contributed by atoms with Crippen LogP contribution in [0.5, 0.6) is 17.2 Å². The van der Waals surface area contributed by atoms with E-state index in [1.807, 2.05) is 56.3 Å². The first-order chi connectivity index (χ1) is 14.7. The van der Waals surface area contributed by atoms with Crippen molar-refractivity contribution in [2.45, 2.75) is 20.3 Å². The lowest BCUT2D eigenvalue weighted by Gasteiger charge is -2.13. The molecule has 1 N–H and O–H groups in total. The third kappa shape index (κ3) is 4.92. The SMILES string of the molecule is CCOc1ccc(CCNc2nccn(-c3ccccc3OC)c2=O)cc1OCC. The summed E-state index contributed by atoms with van der Waals surface area (Å²) in [5.74, 6) is 2.38. The summed E-state index contributed by atoms with van der Waals surface area (Å²) in [6.45, 7) is 5.59. The Hall–Kier alpha value is -3.48. The van der Waals surface area contributed by atoms with Crippen molar-refractivity contribution in [3.8, 4) is 22.9 Å². The van der Waals surface area contributed by atoms with Gasteiger partial charge < -0.3 is 19.5 Å². The first-order valence-corrected chi connectivity index (χ1v) is 10.0. The molecule has 0 saturated heterocycles. The minimum absolute atomic E-state index is 0.233. The summed E-state index contributed by atoms with van der Waals surface area (Å²) in [6, 6.07) is 13.3. The van der Waals surface area contributed by atoms with Crippen LogP contribution in [0.3, 0.4) is 0 Å². The molecular formula is C23H27N3O4. The monoisotopic (exact) mass is 409 g/mol. The number of anilines is 1. The van der Waals surface area contributed by atoms with Gasteiger partial charge in [0, 0.05) is 18.9 Å². The second-order valence-corrected chi connectivity index (χ2v) is 6.45. The Labute approximate surface area is 176 Å². The van der Waals surface area contributed by atoms with Crippen LogP contribution in [-0.4, -0.2) is 36.4 Å². The number of nitrogens with one attached hydrogen (secondary N) is 1. The molecule has 1 aromatic heterocycles. The van der Waals surface area contributed by atoms with Crippen molar-refractivity contribution in [3.05, 3.63) is 70.8 Å². The Morgan fingerprint density at radius 1 is 1.00 bits per heavy atom. The molecule has 0 aliphatic rings. The van der Waals surface area contributed by atoms with Gasteiger partial charge in [0.25, 0.3) is 5.56 Å². The van der Waals surface area contributed by atoms with Crippen LogP contribution in [0.4, 0.5) is 5.82 Å². The third-order valence-electron chi connectivity index (χ3n) is 4.50. The molecule has 7 heteroatoms. The topological polar surface area (TPSA) is 74.6 Å². The van der Waals surface area contributed by atoms with Gasteiger partial charge in [-0.25, -0.2) is 4.98 Å². The molecule has 0 saturated carbocycles. The smallest absolute Gasteiger partial charge is 0.297 e. The molecular weight excluding hydrogens is 382 g/mol. The largest absolute Gasteiger partial charge is 0.495 e. The molecule has 0 aliphatic heterocycles. The van der Waals surface area contributed by atoms with Crippen LogP contribution in [0.25, 0.3) is 5.69 Å². The average Bonchev–Trinajstić information content (AvgIpc) is 2.77. The maximum atomic E-state index is 12.9. The number of aromatic nitrogens is 2. The van der Waals surface area contributed by atoms with Gasteiger partial charge in [-0.2, -0.15) is 0 Å². The fourth-order valence-electron chi connectivity index (χ4n) is 3.13. The summed E-state index contributed by atoms with van der Waals surface area (Å²) < 4.78 is 18.2. The van der Waals surface area contributed by atoms with Gasteiger partial charge >= 0.3 is 0 Å². The summed E-state index contributed by atoms with van der Waals surface area (Å²) >= 11 is 0. The Morgan fingerprint density at radius 2 is 1.77 bits per heavy atom. The summed E-state index contributed by atoms with van der Waals surface area (Å²) in [4.78, 5) is 17.1. The van der Waals surface area contributed by atoms with Gasteiger partial charge in [-0.15, -0.1) is 0 Å². The van der Waals surface area contributed by atoms with Crippen LogP contribution in [0.1, 0.15) is 19.4 Å². The van der Waals surface area contributed by atoms with E-state index in [4.69, 9.17) is 14.2 Å². The van der Waals surface area contributed by atoms with Gasteiger partial charge in [0.15, 0.2) is 17.3 Å². The van der Waals surface area contributed by atoms with Crippen LogP contribution < -0.4 is 25.1 Å². The van der Waals surface area contributed by atoms with E-state index in [-0.39, 0.29) is 5.56 Å². The average molecular weight is 409 g/mol. The highest BCUT2D eigenvalue weighted by Crippen LogP contribution is 2.28. The van der Waals surface area contributed by atoms with E-state index in [9.17, 15) is 4.79 Å². The molecule has 0 spiro atoms. The number of nitrogens with zero attached hydrogens (tertiary/aromatic N) is 2. The highest BCUT2D eigenvalue weighted by atomic mass is 16.5. The van der Waals surface area contributed by atoms with Crippen molar-refractivity contribution in [2.75, 3.05) is 32.2 Å². The van der Waals surface area contributed by atoms with E-state index < -0.39 is 0 Å². The molecule has 0 aliphatic carbocycles. The van der Waals surface area contributed by atoms with Crippen LogP contribution >= 0.6 is 0 Å². The number of benzene rings is 2. The van der Waals surface area contributed by atoms with E-state index in [1.54, 1.807) is 19.5 Å². The number of hydrogen-bond acceptors (Lipinski definition) is 6. The molecule has 0 amide bonds. The molecule has 7 nitrogen and oxygen atoms in total. The minimum Gasteiger partial charge on any atom is -0.495 e. The predicted molar refractivity (Wildman–Crippen MR) is 117 cm³/mol. The highest BCUT2D eigenvalue weighted by molar-refractivity contribution is 5.48. The number of para-hydroxylation sites is 2. The fourth-order valence-corrected chi connectivity index (χ4v) is 3.13. The lowest BCUT2D eigenvalue weighted by Crippen LogP contribution is -2.24. The summed E-state index contributed by atoms with van der Waals surface area (Å²) in [5, 5.41) is 3.14. The van der Waals surface area contributed by atoms with E-state index in [2.05, 4.69) is 10.3 Å². The quantitative estimate of drug-likeness (QED) is 0.550. The molecule has 0 unspecified atom stereocenters. The molecule has 0 fully saturated rings. The van der Waals surface area contributed by atoms with Crippen LogP contribution in [0.2, 0.25) is 0 Å². The third-order valence-corrected chi connectivity index (χ3v) is 4.50. The normalized spacial score (nSPS) is 10.5. The van der Waals surface area contributed by atoms with Gasteiger partial charge in [0.05, 0.1) is 26.0 Å². The van der Waals surface area contributed by atoms with E-state index in [1.165, 1.54) is 4.57 Å². The summed E-state index contributed by atoms with van der Waals surface area (Å²) in [7, 11) is 1.58. The van der Waals surface area contributed by atoms with E-state index in [0.29, 0.717) is 43.4 Å². The van der Waals surface area contributed by atoms with Crippen molar-refractivity contribution >= 4 is 5.82 Å². The maximum Gasteiger partial charge on any atom is 0.297 e. The van der Waals surface area contributed by atoms with Crippen molar-refractivity contribution < 1.29 is 14.2 Å². The maximum absolute atomic E-state index is 12.9. The van der Waals surface area contributed by atoms with Crippen molar-refractivity contribution in [1.29, 1.82) is 0 Å². The van der Waals surface area contributed by atoms with Crippen molar-refractivity contribution in [1.82, 2.24) is 9.55 Å². The van der Waals surface area contributed by atoms with Gasteiger partial charge in [-0.3, -0.25) is 9.36 Å². The van der Waals surface area contributed by atoms with Crippen molar-refractivity contribution in [3.63, 3.8) is 0 Å². The van der Waals surface area contributed by atoms with Gasteiger partial charge in [-0.1, -0.05) is 18.2 Å². The Kier molecular flexibility index (Phi) is 7.32. The number of hydrogen-bond donors (Lipinski definition) is 1. The Morgan fingerprint density at radius 3 is 2.53 bits per heavy atom. The molecule has 0 bridgehead atoms. The summed E-state index contributed by atoms with van der Waals surface area (Å²) in [6.07, 6.45) is 3.93. The van der Waals surface area contributed by atoms with Crippen LogP contribution in [0.15, 0.2) is 59.7 Å². The van der Waals surface area contributed by atoms with Crippen LogP contribution in [-0.2, 0) is 6.42 Å². The minimum atomic E-state index is -0.233. The predicted octanol–water partition coefficient (Wildman–Crippen LogP) is 3.69. The molecule has 2 aromatic carbocycles. The van der Waals surface area contributed by atoms with Gasteiger partial charge in [0.2, 0.25) is 0 Å². The zero-order valence-corrected chi connectivity index (χ0v) is 17.6. The molecule has 30 heavy (non-hydrogen) atoms. The standard InChI is InChI=1S/C23H27N3O4/c1-4-29-20-11-10-17(16-21(20)30-5-2)12-13-24-22-23(27)26(15-14-25-22)18-8-6-7-9-19(18)28-3/h6-11,14-16H,4-5,12-13H2,1-3H3,(H,24,25). The lowest BCUT2D eigenvalue weighted by atomic mass is 10.1. The zero-order chi connectivity index (χ0) is 21.3. The Bertz CT molecular complexity index is 1030. The van der Waals surface area contributed by atoms with Gasteiger partial charge in [0.1, 0.15) is 5.75 Å². The molecule has 0 atom stereocenters. The first-order valence-electron chi connectivity index (χ1n) is 10.0. The Balaban J connectivity index is 1.73. The van der Waals surface area contributed by atoms with Crippen LogP contribution in [0, 0.1) is 0 Å². The van der Waals surface area contributed by atoms with Crippen molar-refractivity contribution in [2.24, 2.45) is 0 Å². The molecule has 3 aromatic rings. The number of rotatable bonds is 10. The molecule has 158 valence electrons. The van der Waals surface area contributed by atoms with Gasteiger partial charge in [-0.05, 0) is 50.1 Å². The molecule has 1 heterocycles. The number of methoxy groups -OCH3 is 1.